The number of esters is 1. The quantitative estimate of drug-likeness (QED) is 0.688. The van der Waals surface area contributed by atoms with Crippen LogP contribution in [-0.4, -0.2) is 28.0 Å². The Bertz CT molecular complexity index is 831. The van der Waals surface area contributed by atoms with E-state index in [1.54, 1.807) is 0 Å². The second-order valence-corrected chi connectivity index (χ2v) is 7.62. The summed E-state index contributed by atoms with van der Waals surface area (Å²) >= 11 is 0. The van der Waals surface area contributed by atoms with Gasteiger partial charge < -0.3 is 14.9 Å². The minimum Gasteiger partial charge on any atom is -0.465 e. The lowest BCUT2D eigenvalue weighted by molar-refractivity contribution is 0.0600. The van der Waals surface area contributed by atoms with Crippen molar-refractivity contribution in [3.8, 4) is 0 Å². The molecule has 0 aliphatic rings. The maximum atomic E-state index is 12.2. The molecule has 0 aliphatic carbocycles. The molecule has 0 spiro atoms. The Hall–Kier alpha value is -1.87. The van der Waals surface area contributed by atoms with E-state index in [4.69, 9.17) is 10.2 Å². The molecule has 144 valence electrons. The lowest BCUT2D eigenvalue weighted by Gasteiger charge is -2.14. The SMILES string of the molecule is COC(=O)c1coc(S(=O)(=O)NCC(N)c2ccc(C(C)C)cc2)c1.Cl. The largest absolute Gasteiger partial charge is 0.465 e. The van der Waals surface area contributed by atoms with E-state index in [2.05, 4.69) is 23.3 Å². The van der Waals surface area contributed by atoms with E-state index >= 15 is 0 Å². The highest BCUT2D eigenvalue weighted by molar-refractivity contribution is 7.89. The molecular weight excluding hydrogens is 380 g/mol. The molecule has 0 fully saturated rings. The fourth-order valence-corrected chi connectivity index (χ4v) is 3.20. The fraction of sp³-hybridized carbons (Fsp3) is 0.353. The summed E-state index contributed by atoms with van der Waals surface area (Å²) in [7, 11) is -2.71. The summed E-state index contributed by atoms with van der Waals surface area (Å²) in [6.45, 7) is 4.18. The van der Waals surface area contributed by atoms with Crippen molar-refractivity contribution in [3.63, 3.8) is 0 Å². The molecule has 0 bridgehead atoms. The standard InChI is InChI=1S/C17H22N2O5S.ClH/c1-11(2)12-4-6-13(7-5-12)15(18)9-19-25(21,22)16-8-14(10-24-16)17(20)23-3;/h4-8,10-11,15,19H,9,18H2,1-3H3;1H. The number of sulfonamides is 1. The van der Waals surface area contributed by atoms with Gasteiger partial charge in [-0.25, -0.2) is 17.9 Å². The third-order valence-corrected chi connectivity index (χ3v) is 5.08. The van der Waals surface area contributed by atoms with Gasteiger partial charge in [-0.2, -0.15) is 0 Å². The van der Waals surface area contributed by atoms with Crippen LogP contribution in [0.25, 0.3) is 0 Å². The Balaban J connectivity index is 0.00000338. The zero-order chi connectivity index (χ0) is 18.6. The number of carbonyl (C=O) groups is 1. The number of halogens is 1. The minimum atomic E-state index is -3.91. The highest BCUT2D eigenvalue weighted by atomic mass is 35.5. The number of carbonyl (C=O) groups excluding carboxylic acids is 1. The average Bonchev–Trinajstić information content (AvgIpc) is 3.10. The Morgan fingerprint density at radius 1 is 1.23 bits per heavy atom. The number of nitrogens with one attached hydrogen (secondary N) is 1. The Labute approximate surface area is 159 Å². The summed E-state index contributed by atoms with van der Waals surface area (Å²) in [5.41, 5.74) is 8.08. The molecule has 3 N–H and O–H groups in total. The molecule has 7 nitrogen and oxygen atoms in total. The van der Waals surface area contributed by atoms with E-state index in [9.17, 15) is 13.2 Å². The van der Waals surface area contributed by atoms with Crippen LogP contribution >= 0.6 is 12.4 Å². The predicted molar refractivity (Wildman–Crippen MR) is 99.9 cm³/mol. The van der Waals surface area contributed by atoms with Gasteiger partial charge in [0.05, 0.1) is 12.7 Å². The molecule has 1 aromatic heterocycles. The van der Waals surface area contributed by atoms with Crippen LogP contribution in [0.2, 0.25) is 0 Å². The van der Waals surface area contributed by atoms with Crippen molar-refractivity contribution in [3.05, 3.63) is 53.3 Å². The maximum Gasteiger partial charge on any atom is 0.341 e. The highest BCUT2D eigenvalue weighted by Gasteiger charge is 2.22. The smallest absolute Gasteiger partial charge is 0.341 e. The van der Waals surface area contributed by atoms with E-state index < -0.39 is 22.0 Å². The number of furan rings is 1. The summed E-state index contributed by atoms with van der Waals surface area (Å²) in [4.78, 5) is 11.4. The molecule has 1 unspecified atom stereocenters. The lowest BCUT2D eigenvalue weighted by atomic mass is 9.99. The zero-order valence-corrected chi connectivity index (χ0v) is 16.4. The van der Waals surface area contributed by atoms with Gasteiger partial charge in [-0.15, -0.1) is 12.4 Å². The van der Waals surface area contributed by atoms with Crippen LogP contribution in [0.3, 0.4) is 0 Å². The molecule has 0 saturated heterocycles. The third-order valence-electron chi connectivity index (χ3n) is 3.79. The number of methoxy groups -OCH3 is 1. The van der Waals surface area contributed by atoms with E-state index in [0.717, 1.165) is 17.9 Å². The van der Waals surface area contributed by atoms with Crippen molar-refractivity contribution in [1.82, 2.24) is 4.72 Å². The molecule has 0 aliphatic heterocycles. The Morgan fingerprint density at radius 2 is 1.81 bits per heavy atom. The second-order valence-electron chi connectivity index (χ2n) is 5.93. The molecule has 1 atom stereocenters. The van der Waals surface area contributed by atoms with Crippen molar-refractivity contribution in [2.24, 2.45) is 5.73 Å². The number of hydrogen-bond donors (Lipinski definition) is 2. The maximum absolute atomic E-state index is 12.2. The number of ether oxygens (including phenoxy) is 1. The summed E-state index contributed by atoms with van der Waals surface area (Å²) in [6.07, 6.45) is 1.03. The fourth-order valence-electron chi connectivity index (χ4n) is 2.20. The van der Waals surface area contributed by atoms with Crippen molar-refractivity contribution in [2.45, 2.75) is 30.9 Å². The van der Waals surface area contributed by atoms with Crippen LogP contribution in [0.15, 0.2) is 46.1 Å². The van der Waals surface area contributed by atoms with Crippen molar-refractivity contribution >= 4 is 28.4 Å². The monoisotopic (exact) mass is 402 g/mol. The first kappa shape index (κ1) is 22.2. The minimum absolute atomic E-state index is 0. The van der Waals surface area contributed by atoms with Gasteiger partial charge in [-0.3, -0.25) is 0 Å². The normalized spacial score (nSPS) is 12.5. The van der Waals surface area contributed by atoms with Gasteiger partial charge in [0.15, 0.2) is 0 Å². The van der Waals surface area contributed by atoms with Gasteiger partial charge in [0.2, 0.25) is 5.09 Å². The molecule has 2 aromatic rings. The first-order valence-electron chi connectivity index (χ1n) is 7.76. The van der Waals surface area contributed by atoms with Crippen LogP contribution in [-0.2, 0) is 14.8 Å². The van der Waals surface area contributed by atoms with E-state index in [1.807, 2.05) is 24.3 Å². The molecule has 2 rings (SSSR count). The number of benzene rings is 1. The van der Waals surface area contributed by atoms with Gasteiger partial charge in [-0.1, -0.05) is 38.1 Å². The molecule has 0 amide bonds. The van der Waals surface area contributed by atoms with Crippen molar-refractivity contribution in [2.75, 3.05) is 13.7 Å². The van der Waals surface area contributed by atoms with Crippen molar-refractivity contribution in [1.29, 1.82) is 0 Å². The van der Waals surface area contributed by atoms with Crippen LogP contribution in [0.4, 0.5) is 0 Å². The van der Waals surface area contributed by atoms with Gasteiger partial charge in [0.25, 0.3) is 10.0 Å². The molecule has 1 aromatic carbocycles. The van der Waals surface area contributed by atoms with Crippen LogP contribution in [0, 0.1) is 0 Å². The summed E-state index contributed by atoms with van der Waals surface area (Å²) in [5, 5.41) is -0.366. The van der Waals surface area contributed by atoms with Gasteiger partial charge >= 0.3 is 5.97 Å². The summed E-state index contributed by atoms with van der Waals surface area (Å²) in [6, 6.07) is 8.32. The summed E-state index contributed by atoms with van der Waals surface area (Å²) < 4.78 is 36.3. The van der Waals surface area contributed by atoms with Crippen molar-refractivity contribution < 1.29 is 22.4 Å². The molecule has 26 heavy (non-hydrogen) atoms. The highest BCUT2D eigenvalue weighted by Crippen LogP contribution is 2.18. The number of hydrogen-bond acceptors (Lipinski definition) is 6. The molecule has 0 saturated carbocycles. The van der Waals surface area contributed by atoms with Crippen LogP contribution in [0.1, 0.15) is 47.3 Å². The molecule has 1 heterocycles. The zero-order valence-electron chi connectivity index (χ0n) is 14.8. The number of rotatable bonds is 7. The lowest BCUT2D eigenvalue weighted by Crippen LogP contribution is -2.31. The first-order valence-corrected chi connectivity index (χ1v) is 9.25. The van der Waals surface area contributed by atoms with E-state index in [0.29, 0.717) is 5.92 Å². The first-order chi connectivity index (χ1) is 11.7. The van der Waals surface area contributed by atoms with Gasteiger partial charge in [0.1, 0.15) is 6.26 Å². The molecule has 9 heteroatoms. The van der Waals surface area contributed by atoms with Gasteiger partial charge in [-0.05, 0) is 17.0 Å². The Morgan fingerprint density at radius 3 is 2.35 bits per heavy atom. The molecular formula is C17H23ClN2O5S. The molecule has 0 radical (unpaired) electrons. The van der Waals surface area contributed by atoms with E-state index in [1.165, 1.54) is 12.7 Å². The topological polar surface area (TPSA) is 112 Å². The van der Waals surface area contributed by atoms with E-state index in [-0.39, 0.29) is 29.6 Å². The average molecular weight is 403 g/mol. The van der Waals surface area contributed by atoms with Crippen LogP contribution < -0.4 is 10.5 Å². The second kappa shape index (κ2) is 9.18. The Kier molecular flexibility index (Phi) is 7.83. The number of nitrogens with two attached hydrogens (primary N) is 1. The predicted octanol–water partition coefficient (Wildman–Crippen LogP) is 2.59. The van der Waals surface area contributed by atoms with Gasteiger partial charge in [0, 0.05) is 18.7 Å². The van der Waals surface area contributed by atoms with Crippen LogP contribution in [0.5, 0.6) is 0 Å². The summed E-state index contributed by atoms with van der Waals surface area (Å²) in [5.74, 6) is -0.265. The third kappa shape index (κ3) is 5.31.